The maximum absolute atomic E-state index is 4.70. The van der Waals surface area contributed by atoms with Crippen LogP contribution in [0.15, 0.2) is 4.99 Å². The number of nitrogens with zero attached hydrogens (tertiary/aromatic N) is 2. The van der Waals surface area contributed by atoms with Crippen LogP contribution in [0.25, 0.3) is 0 Å². The second kappa shape index (κ2) is 7.39. The molecule has 0 aromatic heterocycles. The van der Waals surface area contributed by atoms with Gasteiger partial charge in [0.15, 0.2) is 5.17 Å². The quantitative estimate of drug-likeness (QED) is 0.833. The van der Waals surface area contributed by atoms with Gasteiger partial charge in [-0.15, -0.1) is 0 Å². The molecule has 1 aliphatic rings. The Morgan fingerprint density at radius 3 is 2.39 bits per heavy atom. The molecule has 1 heterocycles. The smallest absolute Gasteiger partial charge is 0.156 e. The summed E-state index contributed by atoms with van der Waals surface area (Å²) in [4.78, 5) is 7.19. The highest BCUT2D eigenvalue weighted by molar-refractivity contribution is 8.13. The van der Waals surface area contributed by atoms with Gasteiger partial charge >= 0.3 is 0 Å². The highest BCUT2D eigenvalue weighted by Gasteiger charge is 2.20. The third-order valence-corrected chi connectivity index (χ3v) is 4.84. The van der Waals surface area contributed by atoms with E-state index < -0.39 is 0 Å². The Labute approximate surface area is 117 Å². The lowest BCUT2D eigenvalue weighted by Crippen LogP contribution is -2.42. The summed E-state index contributed by atoms with van der Waals surface area (Å²) < 4.78 is 0. The fourth-order valence-corrected chi connectivity index (χ4v) is 3.37. The SMILES string of the molecule is CC1CSC(=NCCN(C(C)C)C(C)C)NC1C. The zero-order valence-electron chi connectivity index (χ0n) is 12.7. The van der Waals surface area contributed by atoms with Gasteiger partial charge in [0.1, 0.15) is 0 Å². The normalized spacial score (nSPS) is 27.3. The van der Waals surface area contributed by atoms with Crippen LogP contribution in [0.4, 0.5) is 0 Å². The number of hydrogen-bond acceptors (Lipinski definition) is 3. The lowest BCUT2D eigenvalue weighted by Gasteiger charge is -2.31. The molecule has 1 saturated heterocycles. The van der Waals surface area contributed by atoms with Crippen LogP contribution in [0.2, 0.25) is 0 Å². The van der Waals surface area contributed by atoms with Gasteiger partial charge in [-0.05, 0) is 40.5 Å². The molecule has 2 unspecified atom stereocenters. The molecule has 0 aromatic rings. The topological polar surface area (TPSA) is 27.6 Å². The van der Waals surface area contributed by atoms with E-state index in [-0.39, 0.29) is 0 Å². The molecule has 18 heavy (non-hydrogen) atoms. The van der Waals surface area contributed by atoms with E-state index in [4.69, 9.17) is 4.99 Å². The maximum Gasteiger partial charge on any atom is 0.156 e. The average Bonchev–Trinajstić information content (AvgIpc) is 2.28. The van der Waals surface area contributed by atoms with Crippen LogP contribution < -0.4 is 5.32 Å². The van der Waals surface area contributed by atoms with Crippen molar-refractivity contribution in [3.8, 4) is 0 Å². The Morgan fingerprint density at radius 2 is 1.89 bits per heavy atom. The number of rotatable bonds is 5. The molecule has 1 fully saturated rings. The van der Waals surface area contributed by atoms with Gasteiger partial charge in [0.25, 0.3) is 0 Å². The first-order valence-corrected chi connectivity index (χ1v) is 8.10. The fourth-order valence-electron chi connectivity index (χ4n) is 2.20. The molecule has 3 nitrogen and oxygen atoms in total. The predicted molar refractivity (Wildman–Crippen MR) is 83.5 cm³/mol. The number of nitrogens with one attached hydrogen (secondary N) is 1. The summed E-state index contributed by atoms with van der Waals surface area (Å²) in [5, 5.41) is 4.63. The molecule has 0 aromatic carbocycles. The Kier molecular flexibility index (Phi) is 6.50. The maximum atomic E-state index is 4.70. The van der Waals surface area contributed by atoms with Crippen molar-refractivity contribution in [2.24, 2.45) is 10.9 Å². The standard InChI is InChI=1S/C14H29N3S/c1-10(2)17(11(3)4)8-7-15-14-16-13(6)12(5)9-18-14/h10-13H,7-9H2,1-6H3,(H,15,16). The van der Waals surface area contributed by atoms with E-state index in [0.717, 1.165) is 24.2 Å². The lowest BCUT2D eigenvalue weighted by atomic mass is 10.1. The molecular weight excluding hydrogens is 242 g/mol. The third-order valence-electron chi connectivity index (χ3n) is 3.63. The second-order valence-electron chi connectivity index (χ2n) is 5.83. The van der Waals surface area contributed by atoms with Gasteiger partial charge in [0.05, 0.1) is 6.54 Å². The van der Waals surface area contributed by atoms with Gasteiger partial charge in [0, 0.05) is 30.4 Å². The molecular formula is C14H29N3S. The molecule has 0 bridgehead atoms. The summed E-state index contributed by atoms with van der Waals surface area (Å²) in [7, 11) is 0. The summed E-state index contributed by atoms with van der Waals surface area (Å²) in [6, 6.07) is 1.74. The minimum Gasteiger partial charge on any atom is -0.362 e. The monoisotopic (exact) mass is 271 g/mol. The summed E-state index contributed by atoms with van der Waals surface area (Å²) >= 11 is 1.86. The van der Waals surface area contributed by atoms with E-state index >= 15 is 0 Å². The van der Waals surface area contributed by atoms with E-state index in [1.54, 1.807) is 0 Å². The van der Waals surface area contributed by atoms with Crippen molar-refractivity contribution >= 4 is 16.9 Å². The Hall–Kier alpha value is -0.220. The number of aliphatic imine (C=N–C) groups is 1. The molecule has 1 N–H and O–H groups in total. The van der Waals surface area contributed by atoms with E-state index in [1.165, 1.54) is 5.75 Å². The first-order chi connectivity index (χ1) is 8.41. The summed E-state index contributed by atoms with van der Waals surface area (Å²) in [5.41, 5.74) is 0. The van der Waals surface area contributed by atoms with Crippen molar-refractivity contribution in [2.75, 3.05) is 18.8 Å². The van der Waals surface area contributed by atoms with Crippen LogP contribution >= 0.6 is 11.8 Å². The van der Waals surface area contributed by atoms with E-state index in [0.29, 0.717) is 18.1 Å². The number of amidine groups is 1. The predicted octanol–water partition coefficient (Wildman–Crippen LogP) is 2.82. The van der Waals surface area contributed by atoms with Crippen molar-refractivity contribution in [1.29, 1.82) is 0 Å². The molecule has 0 radical (unpaired) electrons. The van der Waals surface area contributed by atoms with Gasteiger partial charge < -0.3 is 5.32 Å². The van der Waals surface area contributed by atoms with Crippen molar-refractivity contribution < 1.29 is 0 Å². The highest BCUT2D eigenvalue weighted by atomic mass is 32.2. The third kappa shape index (κ3) is 4.81. The molecule has 2 atom stereocenters. The van der Waals surface area contributed by atoms with Crippen LogP contribution in [0.1, 0.15) is 41.5 Å². The molecule has 0 amide bonds. The molecule has 4 heteroatoms. The first-order valence-electron chi connectivity index (χ1n) is 7.11. The largest absolute Gasteiger partial charge is 0.362 e. The second-order valence-corrected chi connectivity index (χ2v) is 6.84. The van der Waals surface area contributed by atoms with Gasteiger partial charge in [-0.2, -0.15) is 0 Å². The van der Waals surface area contributed by atoms with Crippen molar-refractivity contribution in [3.05, 3.63) is 0 Å². The molecule has 106 valence electrons. The summed E-state index contributed by atoms with van der Waals surface area (Å²) in [6.07, 6.45) is 0. The molecule has 1 rings (SSSR count). The van der Waals surface area contributed by atoms with Gasteiger partial charge in [-0.3, -0.25) is 9.89 Å². The zero-order valence-corrected chi connectivity index (χ0v) is 13.5. The fraction of sp³-hybridized carbons (Fsp3) is 0.929. The van der Waals surface area contributed by atoms with Gasteiger partial charge in [-0.1, -0.05) is 18.7 Å². The van der Waals surface area contributed by atoms with Crippen molar-refractivity contribution in [1.82, 2.24) is 10.2 Å². The molecule has 0 spiro atoms. The molecule has 1 aliphatic heterocycles. The van der Waals surface area contributed by atoms with Crippen LogP contribution in [0.3, 0.4) is 0 Å². The van der Waals surface area contributed by atoms with Crippen molar-refractivity contribution in [2.45, 2.75) is 59.7 Å². The highest BCUT2D eigenvalue weighted by Crippen LogP contribution is 2.19. The van der Waals surface area contributed by atoms with Gasteiger partial charge in [0.2, 0.25) is 0 Å². The van der Waals surface area contributed by atoms with Crippen LogP contribution in [0.5, 0.6) is 0 Å². The molecule has 0 aliphatic carbocycles. The number of thioether (sulfide) groups is 1. The van der Waals surface area contributed by atoms with Gasteiger partial charge in [-0.25, -0.2) is 0 Å². The summed E-state index contributed by atoms with van der Waals surface area (Å²) in [6.45, 7) is 15.5. The first kappa shape index (κ1) is 15.8. The van der Waals surface area contributed by atoms with E-state index in [1.807, 2.05) is 11.8 Å². The van der Waals surface area contributed by atoms with E-state index in [2.05, 4.69) is 51.8 Å². The minimum absolute atomic E-state index is 0.552. The Bertz CT molecular complexity index is 268. The Balaban J connectivity index is 2.40. The molecule has 0 saturated carbocycles. The van der Waals surface area contributed by atoms with Crippen LogP contribution in [-0.2, 0) is 0 Å². The Morgan fingerprint density at radius 1 is 1.28 bits per heavy atom. The average molecular weight is 271 g/mol. The van der Waals surface area contributed by atoms with Crippen LogP contribution in [0, 0.1) is 5.92 Å². The summed E-state index contributed by atoms with van der Waals surface area (Å²) in [5.74, 6) is 1.92. The lowest BCUT2D eigenvalue weighted by molar-refractivity contribution is 0.181. The van der Waals surface area contributed by atoms with Crippen LogP contribution in [-0.4, -0.2) is 47.0 Å². The minimum atomic E-state index is 0.552. The van der Waals surface area contributed by atoms with E-state index in [9.17, 15) is 0 Å². The van der Waals surface area contributed by atoms with Crippen molar-refractivity contribution in [3.63, 3.8) is 0 Å². The zero-order chi connectivity index (χ0) is 13.7. The number of hydrogen-bond donors (Lipinski definition) is 1.